The molecule has 0 unspecified atom stereocenters. The third-order valence-electron chi connectivity index (χ3n) is 3.30. The van der Waals surface area contributed by atoms with Crippen LogP contribution in [0.25, 0.3) is 0 Å². The van der Waals surface area contributed by atoms with E-state index in [4.69, 9.17) is 4.74 Å². The molecular formula is C14H19BrN2O2. The molecule has 1 heterocycles. The van der Waals surface area contributed by atoms with Crippen molar-refractivity contribution in [2.24, 2.45) is 0 Å². The summed E-state index contributed by atoms with van der Waals surface area (Å²) < 4.78 is 6.60. The van der Waals surface area contributed by atoms with E-state index in [0.717, 1.165) is 30.7 Å². The zero-order chi connectivity index (χ0) is 13.8. The largest absolute Gasteiger partial charge is 0.480 e. The van der Waals surface area contributed by atoms with Crippen molar-refractivity contribution in [2.45, 2.75) is 13.0 Å². The Hall–Kier alpha value is -1.07. The SMILES string of the molecule is C[C@H](Oc1ccccc1Br)C(=O)N1CCN(C)CC1. The molecule has 1 aromatic rings. The normalized spacial score (nSPS) is 18.2. The van der Waals surface area contributed by atoms with E-state index in [2.05, 4.69) is 27.9 Å². The van der Waals surface area contributed by atoms with Crippen molar-refractivity contribution in [1.82, 2.24) is 9.80 Å². The summed E-state index contributed by atoms with van der Waals surface area (Å²) in [5, 5.41) is 0. The highest BCUT2D eigenvalue weighted by molar-refractivity contribution is 9.10. The fourth-order valence-corrected chi connectivity index (χ4v) is 2.44. The van der Waals surface area contributed by atoms with Crippen LogP contribution in [0.1, 0.15) is 6.92 Å². The van der Waals surface area contributed by atoms with Gasteiger partial charge in [0.25, 0.3) is 5.91 Å². The first-order valence-corrected chi connectivity index (χ1v) is 7.26. The van der Waals surface area contributed by atoms with Crippen molar-refractivity contribution >= 4 is 21.8 Å². The molecule has 1 fully saturated rings. The first-order chi connectivity index (χ1) is 9.08. The molecule has 0 bridgehead atoms. The van der Waals surface area contributed by atoms with E-state index < -0.39 is 6.10 Å². The Morgan fingerprint density at radius 3 is 2.53 bits per heavy atom. The van der Waals surface area contributed by atoms with Crippen molar-refractivity contribution < 1.29 is 9.53 Å². The van der Waals surface area contributed by atoms with Gasteiger partial charge in [0.15, 0.2) is 6.10 Å². The smallest absolute Gasteiger partial charge is 0.263 e. The maximum atomic E-state index is 12.3. The van der Waals surface area contributed by atoms with Gasteiger partial charge < -0.3 is 14.5 Å². The van der Waals surface area contributed by atoms with Gasteiger partial charge in [0.1, 0.15) is 5.75 Å². The van der Waals surface area contributed by atoms with Crippen molar-refractivity contribution in [1.29, 1.82) is 0 Å². The molecule has 19 heavy (non-hydrogen) atoms. The molecule has 5 heteroatoms. The molecule has 1 atom stereocenters. The number of halogens is 1. The number of rotatable bonds is 3. The summed E-state index contributed by atoms with van der Waals surface area (Å²) in [4.78, 5) is 16.4. The molecule has 1 aliphatic rings. The number of ether oxygens (including phenoxy) is 1. The molecule has 0 saturated carbocycles. The van der Waals surface area contributed by atoms with Gasteiger partial charge in [0, 0.05) is 26.2 Å². The second-order valence-electron chi connectivity index (χ2n) is 4.82. The third-order valence-corrected chi connectivity index (χ3v) is 3.96. The van der Waals surface area contributed by atoms with Gasteiger partial charge in [0.2, 0.25) is 0 Å². The summed E-state index contributed by atoms with van der Waals surface area (Å²) in [6.45, 7) is 5.21. The monoisotopic (exact) mass is 326 g/mol. The summed E-state index contributed by atoms with van der Waals surface area (Å²) in [6.07, 6.45) is -0.456. The summed E-state index contributed by atoms with van der Waals surface area (Å²) in [5.74, 6) is 0.765. The number of piperazine rings is 1. The minimum atomic E-state index is -0.456. The lowest BCUT2D eigenvalue weighted by Crippen LogP contribution is -2.50. The lowest BCUT2D eigenvalue weighted by atomic mass is 10.2. The maximum absolute atomic E-state index is 12.3. The van der Waals surface area contributed by atoms with Gasteiger partial charge in [0.05, 0.1) is 4.47 Å². The summed E-state index contributed by atoms with van der Waals surface area (Å²) >= 11 is 3.42. The molecule has 0 aromatic heterocycles. The standard InChI is InChI=1S/C14H19BrN2O2/c1-11(19-13-6-4-3-5-12(13)15)14(18)17-9-7-16(2)8-10-17/h3-6,11H,7-10H2,1-2H3/t11-/m0/s1. The van der Waals surface area contributed by atoms with Crippen LogP contribution in [0.4, 0.5) is 0 Å². The van der Waals surface area contributed by atoms with Crippen LogP contribution in [-0.2, 0) is 4.79 Å². The molecule has 1 saturated heterocycles. The molecule has 0 spiro atoms. The predicted octanol–water partition coefficient (Wildman–Crippen LogP) is 1.99. The number of carbonyl (C=O) groups is 1. The Balaban J connectivity index is 1.94. The number of likely N-dealkylation sites (N-methyl/N-ethyl adjacent to an activating group) is 1. The Labute approximate surface area is 122 Å². The molecule has 1 aromatic carbocycles. The van der Waals surface area contributed by atoms with Crippen LogP contribution in [0, 0.1) is 0 Å². The van der Waals surface area contributed by atoms with E-state index in [1.54, 1.807) is 6.92 Å². The van der Waals surface area contributed by atoms with Crippen LogP contribution in [0.5, 0.6) is 5.75 Å². The van der Waals surface area contributed by atoms with E-state index in [1.165, 1.54) is 0 Å². The van der Waals surface area contributed by atoms with Crippen molar-refractivity contribution in [2.75, 3.05) is 33.2 Å². The molecule has 104 valence electrons. The Bertz CT molecular complexity index is 445. The van der Waals surface area contributed by atoms with E-state index >= 15 is 0 Å². The van der Waals surface area contributed by atoms with E-state index in [9.17, 15) is 4.79 Å². The van der Waals surface area contributed by atoms with Gasteiger partial charge in [-0.25, -0.2) is 0 Å². The van der Waals surface area contributed by atoms with E-state index in [0.29, 0.717) is 5.75 Å². The summed E-state index contributed by atoms with van der Waals surface area (Å²) in [7, 11) is 2.07. The fraction of sp³-hybridized carbons (Fsp3) is 0.500. The van der Waals surface area contributed by atoms with E-state index in [1.807, 2.05) is 29.2 Å². The summed E-state index contributed by atoms with van der Waals surface area (Å²) in [6, 6.07) is 7.58. The molecule has 0 aliphatic carbocycles. The first kappa shape index (κ1) is 14.3. The van der Waals surface area contributed by atoms with Gasteiger partial charge in [-0.1, -0.05) is 12.1 Å². The third kappa shape index (κ3) is 3.70. The molecule has 0 radical (unpaired) electrons. The summed E-state index contributed by atoms with van der Waals surface area (Å²) in [5.41, 5.74) is 0. The van der Waals surface area contributed by atoms with Crippen LogP contribution in [-0.4, -0.2) is 55.0 Å². The van der Waals surface area contributed by atoms with Gasteiger partial charge >= 0.3 is 0 Å². The quantitative estimate of drug-likeness (QED) is 0.851. The highest BCUT2D eigenvalue weighted by Gasteiger charge is 2.25. The number of benzene rings is 1. The lowest BCUT2D eigenvalue weighted by Gasteiger charge is -2.33. The van der Waals surface area contributed by atoms with Crippen molar-refractivity contribution in [3.05, 3.63) is 28.7 Å². The Kier molecular flexibility index (Phi) is 4.82. The van der Waals surface area contributed by atoms with Gasteiger partial charge in [-0.3, -0.25) is 4.79 Å². The van der Waals surface area contributed by atoms with Crippen LogP contribution in [0.2, 0.25) is 0 Å². The minimum absolute atomic E-state index is 0.0591. The van der Waals surface area contributed by atoms with E-state index in [-0.39, 0.29) is 5.91 Å². The van der Waals surface area contributed by atoms with Gasteiger partial charge in [-0.2, -0.15) is 0 Å². The Morgan fingerprint density at radius 1 is 1.26 bits per heavy atom. The number of nitrogens with zero attached hydrogens (tertiary/aromatic N) is 2. The molecule has 4 nitrogen and oxygen atoms in total. The van der Waals surface area contributed by atoms with Crippen molar-refractivity contribution in [3.63, 3.8) is 0 Å². The number of hydrogen-bond acceptors (Lipinski definition) is 3. The van der Waals surface area contributed by atoms with Crippen LogP contribution in [0.3, 0.4) is 0 Å². The first-order valence-electron chi connectivity index (χ1n) is 6.46. The molecular weight excluding hydrogens is 308 g/mol. The second-order valence-corrected chi connectivity index (χ2v) is 5.67. The van der Waals surface area contributed by atoms with Crippen LogP contribution in [0.15, 0.2) is 28.7 Å². The average Bonchev–Trinajstić information content (AvgIpc) is 2.41. The topological polar surface area (TPSA) is 32.8 Å². The fourth-order valence-electron chi connectivity index (χ4n) is 2.07. The number of amides is 1. The van der Waals surface area contributed by atoms with Gasteiger partial charge in [-0.05, 0) is 42.0 Å². The maximum Gasteiger partial charge on any atom is 0.263 e. The zero-order valence-corrected chi connectivity index (χ0v) is 12.9. The highest BCUT2D eigenvalue weighted by Crippen LogP contribution is 2.25. The number of para-hydroxylation sites is 1. The zero-order valence-electron chi connectivity index (χ0n) is 11.3. The lowest BCUT2D eigenvalue weighted by molar-refractivity contribution is -0.139. The highest BCUT2D eigenvalue weighted by atomic mass is 79.9. The number of carbonyl (C=O) groups excluding carboxylic acids is 1. The van der Waals surface area contributed by atoms with Crippen LogP contribution >= 0.6 is 15.9 Å². The minimum Gasteiger partial charge on any atom is -0.480 e. The molecule has 0 N–H and O–H groups in total. The average molecular weight is 327 g/mol. The van der Waals surface area contributed by atoms with Crippen molar-refractivity contribution in [3.8, 4) is 5.75 Å². The van der Waals surface area contributed by atoms with Gasteiger partial charge in [-0.15, -0.1) is 0 Å². The number of hydrogen-bond donors (Lipinski definition) is 0. The molecule has 1 aliphatic heterocycles. The molecule has 1 amide bonds. The second kappa shape index (κ2) is 6.39. The molecule has 2 rings (SSSR count). The predicted molar refractivity (Wildman–Crippen MR) is 78.3 cm³/mol. The Morgan fingerprint density at radius 2 is 1.89 bits per heavy atom. The van der Waals surface area contributed by atoms with Crippen LogP contribution < -0.4 is 4.74 Å².